The van der Waals surface area contributed by atoms with Gasteiger partial charge in [-0.1, -0.05) is 35.9 Å². The number of halogens is 1. The molecule has 158 valence electrons. The molecule has 4 rings (SSSR count). The van der Waals surface area contributed by atoms with Gasteiger partial charge < -0.3 is 15.4 Å². The van der Waals surface area contributed by atoms with Crippen LogP contribution in [0.3, 0.4) is 0 Å². The van der Waals surface area contributed by atoms with Crippen LogP contribution in [0.1, 0.15) is 20.8 Å². The maximum atomic E-state index is 12.5. The third-order valence-electron chi connectivity index (χ3n) is 4.60. The first-order valence-electron chi connectivity index (χ1n) is 9.45. The highest BCUT2D eigenvalue weighted by atomic mass is 35.5. The van der Waals surface area contributed by atoms with Gasteiger partial charge in [0.25, 0.3) is 5.91 Å². The zero-order valence-electron chi connectivity index (χ0n) is 16.6. The summed E-state index contributed by atoms with van der Waals surface area (Å²) in [5, 5.41) is 14.1. The summed E-state index contributed by atoms with van der Waals surface area (Å²) in [6, 6.07) is 16.3. The lowest BCUT2D eigenvalue weighted by Gasteiger charge is -2.05. The number of amides is 2. The number of carbonyl (C=O) groups is 2. The molecule has 2 aromatic heterocycles. The van der Waals surface area contributed by atoms with E-state index < -0.39 is 0 Å². The van der Waals surface area contributed by atoms with Crippen LogP contribution in [0.2, 0.25) is 5.02 Å². The van der Waals surface area contributed by atoms with E-state index in [0.29, 0.717) is 38.2 Å². The summed E-state index contributed by atoms with van der Waals surface area (Å²) >= 11 is 7.16. The summed E-state index contributed by atoms with van der Waals surface area (Å²) in [6.45, 7) is 0.393. The number of hydrogen-bond donors (Lipinski definition) is 3. The number of methoxy groups -OCH3 is 1. The molecule has 0 saturated heterocycles. The van der Waals surface area contributed by atoms with Crippen molar-refractivity contribution in [1.82, 2.24) is 15.5 Å². The summed E-state index contributed by atoms with van der Waals surface area (Å²) < 4.78 is 5.19. The number of thiophene rings is 1. The number of nitrogens with one attached hydrogen (secondary N) is 3. The molecular formula is C22H19ClN4O3S. The first-order valence-corrected chi connectivity index (χ1v) is 10.6. The van der Waals surface area contributed by atoms with Crippen LogP contribution >= 0.6 is 22.9 Å². The van der Waals surface area contributed by atoms with Crippen molar-refractivity contribution >= 4 is 50.8 Å². The number of carbonyl (C=O) groups excluding carboxylic acids is 2. The second-order valence-corrected chi connectivity index (χ2v) is 8.30. The van der Waals surface area contributed by atoms with E-state index in [2.05, 4.69) is 20.8 Å². The first kappa shape index (κ1) is 20.9. The molecule has 0 atom stereocenters. The molecule has 0 saturated carbocycles. The van der Waals surface area contributed by atoms with Crippen molar-refractivity contribution < 1.29 is 14.3 Å². The predicted molar refractivity (Wildman–Crippen MR) is 122 cm³/mol. The molecule has 0 bridgehead atoms. The van der Waals surface area contributed by atoms with Crippen molar-refractivity contribution in [2.45, 2.75) is 13.0 Å². The molecule has 2 aromatic carbocycles. The zero-order valence-corrected chi connectivity index (χ0v) is 18.1. The lowest BCUT2D eigenvalue weighted by atomic mass is 10.1. The molecule has 0 aliphatic rings. The van der Waals surface area contributed by atoms with E-state index in [1.807, 2.05) is 36.4 Å². The number of fused-ring (bicyclic) bond motifs is 1. The van der Waals surface area contributed by atoms with E-state index in [9.17, 15) is 9.59 Å². The highest BCUT2D eigenvalue weighted by molar-refractivity contribution is 7.20. The van der Waals surface area contributed by atoms with Crippen LogP contribution in [-0.4, -0.2) is 29.1 Å². The highest BCUT2D eigenvalue weighted by Crippen LogP contribution is 2.29. The van der Waals surface area contributed by atoms with Crippen LogP contribution in [0.4, 0.5) is 5.82 Å². The molecule has 2 heterocycles. The van der Waals surface area contributed by atoms with Gasteiger partial charge in [-0.2, -0.15) is 5.10 Å². The molecule has 0 aliphatic heterocycles. The van der Waals surface area contributed by atoms with Crippen molar-refractivity contribution in [2.24, 2.45) is 0 Å². The molecule has 31 heavy (non-hydrogen) atoms. The Morgan fingerprint density at radius 1 is 1.13 bits per heavy atom. The molecule has 0 unspecified atom stereocenters. The van der Waals surface area contributed by atoms with Crippen LogP contribution < -0.4 is 15.4 Å². The van der Waals surface area contributed by atoms with Gasteiger partial charge in [0.05, 0.1) is 23.8 Å². The number of rotatable bonds is 7. The second-order valence-electron chi connectivity index (χ2n) is 6.81. The molecule has 0 spiro atoms. The molecule has 0 fully saturated rings. The minimum Gasteiger partial charge on any atom is -0.497 e. The Hall–Kier alpha value is -3.36. The average Bonchev–Trinajstić information content (AvgIpc) is 3.35. The second kappa shape index (κ2) is 9.20. The number of anilines is 1. The van der Waals surface area contributed by atoms with Gasteiger partial charge >= 0.3 is 0 Å². The topological polar surface area (TPSA) is 96.1 Å². The largest absolute Gasteiger partial charge is 0.497 e. The Balaban J connectivity index is 1.41. The smallest absolute Gasteiger partial charge is 0.261 e. The van der Waals surface area contributed by atoms with Crippen molar-refractivity contribution in [2.75, 3.05) is 12.4 Å². The normalized spacial score (nSPS) is 10.8. The maximum Gasteiger partial charge on any atom is 0.261 e. The summed E-state index contributed by atoms with van der Waals surface area (Å²) in [6.07, 6.45) is 0.185. The van der Waals surface area contributed by atoms with Gasteiger partial charge in [-0.15, -0.1) is 11.3 Å². The Labute approximate surface area is 187 Å². The van der Waals surface area contributed by atoms with Gasteiger partial charge in [-0.25, -0.2) is 0 Å². The van der Waals surface area contributed by atoms with Gasteiger partial charge in [-0.3, -0.25) is 14.7 Å². The third-order valence-corrected chi connectivity index (χ3v) is 5.89. The number of H-pyrrole nitrogens is 1. The lowest BCUT2D eigenvalue weighted by molar-refractivity contribution is -0.115. The molecule has 0 radical (unpaired) electrons. The molecular weight excluding hydrogens is 436 g/mol. The summed E-state index contributed by atoms with van der Waals surface area (Å²) in [5.41, 5.74) is 1.78. The number of hydrogen-bond acceptors (Lipinski definition) is 5. The Kier molecular flexibility index (Phi) is 6.20. The van der Waals surface area contributed by atoms with E-state index in [0.717, 1.165) is 11.1 Å². The van der Waals surface area contributed by atoms with Crippen molar-refractivity contribution in [3.8, 4) is 5.75 Å². The Morgan fingerprint density at radius 3 is 2.71 bits per heavy atom. The van der Waals surface area contributed by atoms with Gasteiger partial charge in [0.2, 0.25) is 5.91 Å². The number of ether oxygens (including phenoxy) is 1. The van der Waals surface area contributed by atoms with E-state index in [4.69, 9.17) is 16.3 Å². The fourth-order valence-electron chi connectivity index (χ4n) is 3.04. The highest BCUT2D eigenvalue weighted by Gasteiger charge is 2.16. The molecule has 0 aliphatic carbocycles. The molecule has 9 heteroatoms. The van der Waals surface area contributed by atoms with Gasteiger partial charge in [-0.05, 0) is 41.5 Å². The average molecular weight is 455 g/mol. The van der Waals surface area contributed by atoms with Crippen LogP contribution in [0, 0.1) is 0 Å². The van der Waals surface area contributed by atoms with E-state index in [1.165, 1.54) is 11.3 Å². The molecule has 2 amide bonds. The van der Waals surface area contributed by atoms with Gasteiger partial charge in [0.15, 0.2) is 5.82 Å². The van der Waals surface area contributed by atoms with Gasteiger partial charge in [0, 0.05) is 11.6 Å². The summed E-state index contributed by atoms with van der Waals surface area (Å²) in [5.74, 6) is 0.690. The minimum absolute atomic E-state index is 0.185. The van der Waals surface area contributed by atoms with Crippen molar-refractivity contribution in [3.05, 3.63) is 75.6 Å². The van der Waals surface area contributed by atoms with Crippen LogP contribution in [0.15, 0.2) is 54.6 Å². The number of nitrogens with zero attached hydrogens (tertiary/aromatic N) is 1. The lowest BCUT2D eigenvalue weighted by Crippen LogP contribution is -2.21. The first-order chi connectivity index (χ1) is 15.0. The molecule has 4 aromatic rings. The van der Waals surface area contributed by atoms with E-state index in [1.54, 1.807) is 25.3 Å². The number of benzene rings is 2. The maximum absolute atomic E-state index is 12.5. The Bertz CT molecular complexity index is 1230. The summed E-state index contributed by atoms with van der Waals surface area (Å²) in [7, 11) is 1.58. The summed E-state index contributed by atoms with van der Waals surface area (Å²) in [4.78, 5) is 26.2. The van der Waals surface area contributed by atoms with E-state index in [-0.39, 0.29) is 18.2 Å². The molecule has 7 nitrogen and oxygen atoms in total. The fourth-order valence-corrected chi connectivity index (χ4v) is 4.08. The monoisotopic (exact) mass is 454 g/mol. The van der Waals surface area contributed by atoms with Crippen molar-refractivity contribution in [1.29, 1.82) is 0 Å². The van der Waals surface area contributed by atoms with Crippen LogP contribution in [0.25, 0.3) is 10.2 Å². The molecule has 3 N–H and O–H groups in total. The fraction of sp³-hybridized carbons (Fsp3) is 0.136. The minimum atomic E-state index is -0.207. The van der Waals surface area contributed by atoms with Crippen molar-refractivity contribution in [3.63, 3.8) is 0 Å². The standard InChI is InChI=1S/C22H19ClN4O3S/c1-30-16-4-2-3-14(9-16)10-19(28)25-20-17-11-18(31-22(17)27-26-20)21(29)24-12-13-5-7-15(23)8-6-13/h2-9,11H,10,12H2,1H3,(H,24,29)(H2,25,26,27,28). The number of aromatic amines is 1. The van der Waals surface area contributed by atoms with Crippen LogP contribution in [0.5, 0.6) is 5.75 Å². The van der Waals surface area contributed by atoms with Gasteiger partial charge in [0.1, 0.15) is 10.6 Å². The third kappa shape index (κ3) is 5.04. The van der Waals surface area contributed by atoms with E-state index >= 15 is 0 Å². The predicted octanol–water partition coefficient (Wildman–Crippen LogP) is 4.40. The quantitative estimate of drug-likeness (QED) is 0.385. The van der Waals surface area contributed by atoms with Crippen LogP contribution in [-0.2, 0) is 17.8 Å². The SMILES string of the molecule is COc1cccc(CC(=O)Nc2n[nH]c3sc(C(=O)NCc4ccc(Cl)cc4)cc23)c1. The Morgan fingerprint density at radius 2 is 1.94 bits per heavy atom. The number of aromatic nitrogens is 2. The zero-order chi connectivity index (χ0) is 21.8.